The first-order valence-corrected chi connectivity index (χ1v) is 13.1. The first-order valence-electron chi connectivity index (χ1n) is 12.2. The normalized spacial score (nSPS) is 14.6. The Balaban J connectivity index is 1.26. The maximum absolute atomic E-state index is 6.24. The van der Waals surface area contributed by atoms with Gasteiger partial charge in [0.1, 0.15) is 17.0 Å². The first kappa shape index (κ1) is 21.2. The second kappa shape index (κ2) is 8.83. The molecule has 8 nitrogen and oxygen atoms in total. The molecule has 0 bridgehead atoms. The van der Waals surface area contributed by atoms with Gasteiger partial charge in [-0.15, -0.1) is 0 Å². The molecule has 0 saturated heterocycles. The highest BCUT2D eigenvalue weighted by Gasteiger charge is 2.18. The van der Waals surface area contributed by atoms with E-state index < -0.39 is 0 Å². The molecular weight excluding hydrogens is 470 g/mol. The minimum Gasteiger partial charge on any atom is -0.489 e. The summed E-state index contributed by atoms with van der Waals surface area (Å²) in [6, 6.07) is 8.11. The number of hydrogen-bond donors (Lipinski definition) is 2. The second-order valence-corrected chi connectivity index (χ2v) is 9.91. The molecule has 2 N–H and O–H groups in total. The fourth-order valence-corrected chi connectivity index (χ4v) is 5.56. The zero-order valence-electron chi connectivity index (χ0n) is 19.4. The molecule has 0 amide bonds. The van der Waals surface area contributed by atoms with Crippen molar-refractivity contribution in [1.82, 2.24) is 35.1 Å². The number of nitrogens with zero attached hydrogens (tertiary/aromatic N) is 5. The molecule has 9 heteroatoms. The molecule has 6 aromatic rings. The molecule has 1 fully saturated rings. The standard InChI is InChI=1S/C27H23N7OS/c1-2-4-19(5-3-1)35-20-10-17(12-28-14-20)18-11-21-24(33-34-26(21)30-13-18)27-31-22-6-8-29-23(25(22)32-27)16-7-9-36-15-16/h6-15,19H,1-5H2,(H,31,32)(H,30,33,34). The lowest BCUT2D eigenvalue weighted by Crippen LogP contribution is -2.19. The molecule has 1 aliphatic rings. The number of pyridine rings is 3. The molecular formula is C27H23N7OS. The van der Waals surface area contributed by atoms with Gasteiger partial charge in [-0.2, -0.15) is 16.4 Å². The summed E-state index contributed by atoms with van der Waals surface area (Å²) >= 11 is 1.64. The molecule has 1 saturated carbocycles. The number of thiophene rings is 1. The molecule has 0 radical (unpaired) electrons. The minimum absolute atomic E-state index is 0.276. The van der Waals surface area contributed by atoms with Gasteiger partial charge in [-0.3, -0.25) is 15.1 Å². The van der Waals surface area contributed by atoms with E-state index in [-0.39, 0.29) is 6.10 Å². The monoisotopic (exact) mass is 493 g/mol. The predicted molar refractivity (Wildman–Crippen MR) is 141 cm³/mol. The van der Waals surface area contributed by atoms with Crippen molar-refractivity contribution in [3.63, 3.8) is 0 Å². The van der Waals surface area contributed by atoms with E-state index in [1.165, 1.54) is 19.3 Å². The number of rotatable bonds is 5. The number of aromatic amines is 2. The third-order valence-electron chi connectivity index (χ3n) is 6.74. The number of aromatic nitrogens is 7. The summed E-state index contributed by atoms with van der Waals surface area (Å²) in [6.07, 6.45) is 13.5. The maximum atomic E-state index is 6.24. The van der Waals surface area contributed by atoms with Crippen molar-refractivity contribution in [2.24, 2.45) is 0 Å². The van der Waals surface area contributed by atoms with Gasteiger partial charge in [0.15, 0.2) is 11.5 Å². The van der Waals surface area contributed by atoms with Crippen LogP contribution >= 0.6 is 11.3 Å². The van der Waals surface area contributed by atoms with Crippen molar-refractivity contribution in [3.05, 3.63) is 59.8 Å². The summed E-state index contributed by atoms with van der Waals surface area (Å²) in [4.78, 5) is 21.9. The number of ether oxygens (including phenoxy) is 1. The fraction of sp³-hybridized carbons (Fsp3) is 0.222. The van der Waals surface area contributed by atoms with Crippen molar-refractivity contribution >= 4 is 33.4 Å². The number of H-pyrrole nitrogens is 2. The number of imidazole rings is 1. The van der Waals surface area contributed by atoms with Crippen molar-refractivity contribution in [2.75, 3.05) is 0 Å². The number of hydrogen-bond acceptors (Lipinski definition) is 7. The van der Waals surface area contributed by atoms with E-state index >= 15 is 0 Å². The molecule has 0 aromatic carbocycles. The molecule has 0 unspecified atom stereocenters. The quantitative estimate of drug-likeness (QED) is 0.288. The summed E-state index contributed by atoms with van der Waals surface area (Å²) in [5.74, 6) is 1.48. The van der Waals surface area contributed by atoms with Gasteiger partial charge in [0.2, 0.25) is 0 Å². The Kier molecular flexibility index (Phi) is 5.20. The van der Waals surface area contributed by atoms with Gasteiger partial charge in [-0.25, -0.2) is 9.97 Å². The summed E-state index contributed by atoms with van der Waals surface area (Å²) < 4.78 is 6.24. The molecule has 178 valence electrons. The second-order valence-electron chi connectivity index (χ2n) is 9.13. The number of nitrogens with one attached hydrogen (secondary N) is 2. The van der Waals surface area contributed by atoms with Crippen LogP contribution in [0.15, 0.2) is 59.8 Å². The highest BCUT2D eigenvalue weighted by molar-refractivity contribution is 7.08. The lowest BCUT2D eigenvalue weighted by atomic mass is 9.98. The highest BCUT2D eigenvalue weighted by Crippen LogP contribution is 2.33. The van der Waals surface area contributed by atoms with Crippen LogP contribution in [-0.4, -0.2) is 41.2 Å². The van der Waals surface area contributed by atoms with Crippen molar-refractivity contribution in [1.29, 1.82) is 0 Å². The highest BCUT2D eigenvalue weighted by atomic mass is 32.1. The maximum Gasteiger partial charge on any atom is 0.159 e. The summed E-state index contributed by atoms with van der Waals surface area (Å²) in [6.45, 7) is 0. The third kappa shape index (κ3) is 3.81. The summed E-state index contributed by atoms with van der Waals surface area (Å²) in [7, 11) is 0. The van der Waals surface area contributed by atoms with Gasteiger partial charge in [0.05, 0.1) is 28.9 Å². The van der Waals surface area contributed by atoms with Gasteiger partial charge in [-0.1, -0.05) is 6.42 Å². The Morgan fingerprint density at radius 3 is 2.72 bits per heavy atom. The van der Waals surface area contributed by atoms with Gasteiger partial charge in [-0.05, 0) is 55.3 Å². The zero-order valence-corrected chi connectivity index (χ0v) is 20.3. The topological polar surface area (TPSA) is 105 Å². The van der Waals surface area contributed by atoms with E-state index in [9.17, 15) is 0 Å². The van der Waals surface area contributed by atoms with E-state index in [2.05, 4.69) is 47.6 Å². The van der Waals surface area contributed by atoms with E-state index in [1.807, 2.05) is 29.9 Å². The summed E-state index contributed by atoms with van der Waals surface area (Å²) in [5.41, 5.74) is 6.98. The van der Waals surface area contributed by atoms with Crippen LogP contribution in [-0.2, 0) is 0 Å². The lowest BCUT2D eigenvalue weighted by Gasteiger charge is -2.23. The average Bonchev–Trinajstić information content (AvgIpc) is 3.68. The van der Waals surface area contributed by atoms with Gasteiger partial charge in [0.25, 0.3) is 0 Å². The first-order chi connectivity index (χ1) is 17.8. The Labute approximate surface area is 210 Å². The van der Waals surface area contributed by atoms with Crippen LogP contribution in [0.5, 0.6) is 5.75 Å². The third-order valence-corrected chi connectivity index (χ3v) is 7.42. The van der Waals surface area contributed by atoms with E-state index in [0.29, 0.717) is 11.5 Å². The smallest absolute Gasteiger partial charge is 0.159 e. The molecule has 6 heterocycles. The SMILES string of the molecule is c1cc2[nH]c(-c3n[nH]c4ncc(-c5cncc(OC6CCCCC6)c5)cc34)nc2c(-c2ccsc2)n1. The van der Waals surface area contributed by atoms with Gasteiger partial charge in [0, 0.05) is 40.7 Å². The van der Waals surface area contributed by atoms with Crippen LogP contribution < -0.4 is 4.74 Å². The van der Waals surface area contributed by atoms with Crippen molar-refractivity contribution in [2.45, 2.75) is 38.2 Å². The Morgan fingerprint density at radius 1 is 0.917 bits per heavy atom. The van der Waals surface area contributed by atoms with E-state index in [0.717, 1.165) is 63.1 Å². The molecule has 7 rings (SSSR count). The van der Waals surface area contributed by atoms with Gasteiger partial charge >= 0.3 is 0 Å². The largest absolute Gasteiger partial charge is 0.489 e. The molecule has 0 spiro atoms. The van der Waals surface area contributed by atoms with E-state index in [4.69, 9.17) is 9.72 Å². The van der Waals surface area contributed by atoms with Crippen LogP contribution in [0.25, 0.3) is 56.0 Å². The lowest BCUT2D eigenvalue weighted by molar-refractivity contribution is 0.154. The Bertz CT molecular complexity index is 1660. The molecule has 1 aliphatic carbocycles. The fourth-order valence-electron chi connectivity index (χ4n) is 4.92. The van der Waals surface area contributed by atoms with Crippen molar-refractivity contribution < 1.29 is 4.74 Å². The van der Waals surface area contributed by atoms with Crippen molar-refractivity contribution in [3.8, 4) is 39.7 Å². The Morgan fingerprint density at radius 2 is 1.83 bits per heavy atom. The van der Waals surface area contributed by atoms with Crippen LogP contribution in [0.2, 0.25) is 0 Å². The van der Waals surface area contributed by atoms with Crippen LogP contribution in [0, 0.1) is 0 Å². The van der Waals surface area contributed by atoms with Gasteiger partial charge < -0.3 is 9.72 Å². The minimum atomic E-state index is 0.276. The molecule has 6 aromatic heterocycles. The average molecular weight is 494 g/mol. The van der Waals surface area contributed by atoms with Crippen LogP contribution in [0.4, 0.5) is 0 Å². The van der Waals surface area contributed by atoms with Crippen LogP contribution in [0.3, 0.4) is 0 Å². The zero-order chi connectivity index (χ0) is 23.9. The van der Waals surface area contributed by atoms with Crippen LogP contribution in [0.1, 0.15) is 32.1 Å². The molecule has 0 aliphatic heterocycles. The summed E-state index contributed by atoms with van der Waals surface area (Å²) in [5, 5.41) is 12.6. The predicted octanol–water partition coefficient (Wildman–Crippen LogP) is 6.40. The molecule has 0 atom stereocenters. The van der Waals surface area contributed by atoms with E-state index in [1.54, 1.807) is 23.7 Å². The number of fused-ring (bicyclic) bond motifs is 2. The molecule has 36 heavy (non-hydrogen) atoms. The Hall–Kier alpha value is -4.11.